The summed E-state index contributed by atoms with van der Waals surface area (Å²) in [6.45, 7) is -0.301. The fraction of sp³-hybridized carbons (Fsp3) is 0.750. The van der Waals surface area contributed by atoms with Crippen LogP contribution in [0.5, 0.6) is 0 Å². The third-order valence-electron chi connectivity index (χ3n) is 8.10. The van der Waals surface area contributed by atoms with E-state index in [1.807, 2.05) is 0 Å². The van der Waals surface area contributed by atoms with Gasteiger partial charge in [0, 0.05) is 6.61 Å². The molecule has 3 heterocycles. The lowest BCUT2D eigenvalue weighted by Crippen LogP contribution is -2.63. The van der Waals surface area contributed by atoms with Crippen molar-refractivity contribution < 1.29 is 89.7 Å². The Morgan fingerprint density at radius 2 is 1.16 bits per heavy atom. The standard InChI is InChI=1S/C32H48O18/c1-2-3-4-5-7-10-16(35)17(11-8-6-9-12-33)47-32-29(44)26(41)23(38)20(50-32)15-46-31-28(43)25(40)22(37)19(49-31)14-45-30-27(42)24(39)21(36)18(13-34)48-30/h2-3,8,11,16-44H,6,9,12-15H2,1H3/b3-2+,11-8+/t16-,17-,18+,19-,20+,21-,22+,23-,24-,25+,26-,27+,28+,29+,30+,31+,32+/m0/s1. The van der Waals surface area contributed by atoms with Gasteiger partial charge in [-0.25, -0.2) is 0 Å². The molecule has 3 fully saturated rings. The van der Waals surface area contributed by atoms with Crippen molar-refractivity contribution >= 4 is 0 Å². The zero-order chi connectivity index (χ0) is 37.0. The second kappa shape index (κ2) is 20.8. The molecule has 0 amide bonds. The van der Waals surface area contributed by atoms with Crippen LogP contribution in [0.15, 0.2) is 24.3 Å². The summed E-state index contributed by atoms with van der Waals surface area (Å²) in [7, 11) is 0. The van der Waals surface area contributed by atoms with E-state index in [-0.39, 0.29) is 6.61 Å². The average molecular weight is 721 g/mol. The Kier molecular flexibility index (Phi) is 17.6. The lowest BCUT2D eigenvalue weighted by Gasteiger charge is -2.44. The summed E-state index contributed by atoms with van der Waals surface area (Å²) in [4.78, 5) is 0. The molecule has 0 unspecified atom stereocenters. The average Bonchev–Trinajstić information content (AvgIpc) is 3.11. The fourth-order valence-electron chi connectivity index (χ4n) is 5.12. The van der Waals surface area contributed by atoms with E-state index in [9.17, 15) is 56.2 Å². The van der Waals surface area contributed by atoms with Gasteiger partial charge < -0.3 is 89.7 Å². The van der Waals surface area contributed by atoms with Gasteiger partial charge in [-0.1, -0.05) is 30.1 Å². The maximum absolute atomic E-state index is 10.7. The molecular formula is C32H48O18. The Balaban J connectivity index is 1.67. The summed E-state index contributed by atoms with van der Waals surface area (Å²) in [5, 5.41) is 123. The maximum Gasteiger partial charge on any atom is 0.187 e. The molecule has 18 heteroatoms. The van der Waals surface area contributed by atoms with Crippen LogP contribution in [0.4, 0.5) is 0 Å². The SMILES string of the molecule is C/C=C/C#CC#C[C@H](O)[C@H](/C=C/CCCO)O[C@@H]1O[C@H](CO[C@@H]2O[C@@H](CO[C@@H]3O[C@H](CO)[C@H](O)[C@H](O)[C@H]3O)[C@@H](O)[C@@H](O)[C@H]2O)[C@H](O)[C@H](O)[C@H]1O. The summed E-state index contributed by atoms with van der Waals surface area (Å²) < 4.78 is 33.2. The Bertz CT molecular complexity index is 1190. The number of ether oxygens (including phenoxy) is 6. The number of hydrogen-bond acceptors (Lipinski definition) is 18. The van der Waals surface area contributed by atoms with E-state index in [2.05, 4.69) is 23.7 Å². The number of rotatable bonds is 14. The third-order valence-corrected chi connectivity index (χ3v) is 8.10. The van der Waals surface area contributed by atoms with Crippen molar-refractivity contribution in [3.05, 3.63) is 24.3 Å². The Hall–Kier alpha value is -2.12. The van der Waals surface area contributed by atoms with E-state index in [1.54, 1.807) is 25.2 Å². The number of aliphatic hydroxyl groups excluding tert-OH is 12. The van der Waals surface area contributed by atoms with Crippen LogP contribution >= 0.6 is 0 Å². The lowest BCUT2D eigenvalue weighted by atomic mass is 9.98. The Labute approximate surface area is 288 Å². The minimum Gasteiger partial charge on any atom is -0.396 e. The number of unbranched alkanes of at least 4 members (excludes halogenated alkanes) is 1. The molecule has 3 rings (SSSR count). The quantitative estimate of drug-likeness (QED) is 0.0452. The third kappa shape index (κ3) is 11.2. The molecule has 0 aliphatic carbocycles. The van der Waals surface area contributed by atoms with Crippen molar-refractivity contribution in [2.24, 2.45) is 0 Å². The number of aliphatic hydroxyl groups is 12. The monoisotopic (exact) mass is 720 g/mol. The van der Waals surface area contributed by atoms with E-state index < -0.39 is 124 Å². The molecule has 284 valence electrons. The maximum atomic E-state index is 10.7. The zero-order valence-electron chi connectivity index (χ0n) is 27.2. The molecule has 3 aliphatic rings. The van der Waals surface area contributed by atoms with Crippen LogP contribution in [0.3, 0.4) is 0 Å². The van der Waals surface area contributed by atoms with Gasteiger partial charge >= 0.3 is 0 Å². The van der Waals surface area contributed by atoms with Crippen molar-refractivity contribution in [1.29, 1.82) is 0 Å². The molecule has 50 heavy (non-hydrogen) atoms. The molecule has 0 aromatic rings. The first-order valence-corrected chi connectivity index (χ1v) is 16.0. The molecule has 3 aliphatic heterocycles. The van der Waals surface area contributed by atoms with Gasteiger partial charge in [-0.3, -0.25) is 0 Å². The van der Waals surface area contributed by atoms with Gasteiger partial charge in [0.1, 0.15) is 85.5 Å². The molecule has 0 spiro atoms. The lowest BCUT2D eigenvalue weighted by molar-refractivity contribution is -0.344. The molecule has 0 aromatic heterocycles. The van der Waals surface area contributed by atoms with Crippen molar-refractivity contribution in [3.63, 3.8) is 0 Å². The molecule has 0 bridgehead atoms. The first-order valence-electron chi connectivity index (χ1n) is 16.0. The first-order chi connectivity index (χ1) is 23.9. The minimum absolute atomic E-state index is 0.0869. The Morgan fingerprint density at radius 3 is 1.68 bits per heavy atom. The van der Waals surface area contributed by atoms with Crippen LogP contribution in [0.25, 0.3) is 0 Å². The fourth-order valence-corrected chi connectivity index (χ4v) is 5.12. The predicted octanol–water partition coefficient (Wildman–Crippen LogP) is -5.91. The molecule has 3 saturated heterocycles. The highest BCUT2D eigenvalue weighted by Gasteiger charge is 2.49. The highest BCUT2D eigenvalue weighted by Crippen LogP contribution is 2.28. The number of hydrogen-bond donors (Lipinski definition) is 12. The minimum atomic E-state index is -1.86. The highest BCUT2D eigenvalue weighted by atomic mass is 16.7. The van der Waals surface area contributed by atoms with Crippen LogP contribution < -0.4 is 0 Å². The van der Waals surface area contributed by atoms with Gasteiger partial charge in [-0.2, -0.15) is 0 Å². The number of allylic oxidation sites excluding steroid dienone is 3. The summed E-state index contributed by atoms with van der Waals surface area (Å²) in [5.74, 6) is 10.1. The van der Waals surface area contributed by atoms with Crippen molar-refractivity contribution in [2.45, 2.75) is 124 Å². The largest absolute Gasteiger partial charge is 0.396 e. The van der Waals surface area contributed by atoms with Gasteiger partial charge in [0.05, 0.1) is 19.8 Å². The van der Waals surface area contributed by atoms with E-state index >= 15 is 0 Å². The Morgan fingerprint density at radius 1 is 0.660 bits per heavy atom. The van der Waals surface area contributed by atoms with Crippen molar-refractivity contribution in [1.82, 2.24) is 0 Å². The van der Waals surface area contributed by atoms with E-state index in [0.717, 1.165) is 0 Å². The van der Waals surface area contributed by atoms with Crippen LogP contribution in [-0.2, 0) is 28.4 Å². The van der Waals surface area contributed by atoms with Crippen molar-refractivity contribution in [3.8, 4) is 23.7 Å². The molecule has 0 radical (unpaired) electrons. The highest BCUT2D eigenvalue weighted by molar-refractivity contribution is 5.32. The van der Waals surface area contributed by atoms with Crippen molar-refractivity contribution in [2.75, 3.05) is 26.4 Å². The van der Waals surface area contributed by atoms with Gasteiger partial charge in [0.15, 0.2) is 18.9 Å². The molecule has 12 N–H and O–H groups in total. The summed E-state index contributed by atoms with van der Waals surface area (Å²) in [6, 6.07) is 0. The van der Waals surface area contributed by atoms with E-state index in [4.69, 9.17) is 33.5 Å². The van der Waals surface area contributed by atoms with E-state index in [1.165, 1.54) is 6.08 Å². The zero-order valence-corrected chi connectivity index (χ0v) is 27.2. The van der Waals surface area contributed by atoms with Gasteiger partial charge in [0.2, 0.25) is 0 Å². The summed E-state index contributed by atoms with van der Waals surface area (Å²) >= 11 is 0. The second-order valence-corrected chi connectivity index (χ2v) is 11.8. The molecule has 0 aromatic carbocycles. The molecular weight excluding hydrogens is 672 g/mol. The normalized spacial score (nSPS) is 40.5. The van der Waals surface area contributed by atoms with E-state index in [0.29, 0.717) is 12.8 Å². The van der Waals surface area contributed by atoms with Gasteiger partial charge in [-0.05, 0) is 37.7 Å². The first kappa shape index (κ1) is 42.3. The second-order valence-electron chi connectivity index (χ2n) is 11.8. The predicted molar refractivity (Wildman–Crippen MR) is 166 cm³/mol. The summed E-state index contributed by atoms with van der Waals surface area (Å²) in [6.07, 6.45) is -20.8. The van der Waals surface area contributed by atoms with Crippen LogP contribution in [0.1, 0.15) is 19.8 Å². The molecule has 17 atom stereocenters. The molecule has 0 saturated carbocycles. The topological polar surface area (TPSA) is 298 Å². The summed E-state index contributed by atoms with van der Waals surface area (Å²) in [5.41, 5.74) is 0. The van der Waals surface area contributed by atoms with Gasteiger partial charge in [-0.15, -0.1) is 0 Å². The molecule has 18 nitrogen and oxygen atoms in total. The van der Waals surface area contributed by atoms with Crippen LogP contribution in [-0.4, -0.2) is 192 Å². The smallest absolute Gasteiger partial charge is 0.187 e. The van der Waals surface area contributed by atoms with Gasteiger partial charge in [0.25, 0.3) is 0 Å². The van der Waals surface area contributed by atoms with Crippen LogP contribution in [0.2, 0.25) is 0 Å². The van der Waals surface area contributed by atoms with Crippen LogP contribution in [0, 0.1) is 23.7 Å².